The van der Waals surface area contributed by atoms with Gasteiger partial charge in [-0.15, -0.1) is 0 Å². The first-order chi connectivity index (χ1) is 12.6. The van der Waals surface area contributed by atoms with Gasteiger partial charge in [0.2, 0.25) is 5.91 Å². The molecule has 1 aliphatic carbocycles. The third kappa shape index (κ3) is 4.76. The van der Waals surface area contributed by atoms with E-state index in [0.29, 0.717) is 18.6 Å². The van der Waals surface area contributed by atoms with E-state index in [1.165, 1.54) is 0 Å². The van der Waals surface area contributed by atoms with Crippen LogP contribution in [0.1, 0.15) is 43.2 Å². The van der Waals surface area contributed by atoms with Crippen LogP contribution >= 0.6 is 0 Å². The number of benzene rings is 1. The van der Waals surface area contributed by atoms with Gasteiger partial charge in [0.05, 0.1) is 18.7 Å². The van der Waals surface area contributed by atoms with E-state index in [9.17, 15) is 14.9 Å². The van der Waals surface area contributed by atoms with Gasteiger partial charge in [0.1, 0.15) is 12.5 Å². The lowest BCUT2D eigenvalue weighted by Crippen LogP contribution is -2.53. The molecular formula is C18H26BNO6. The van der Waals surface area contributed by atoms with E-state index in [2.05, 4.69) is 5.32 Å². The molecule has 1 unspecified atom stereocenters. The second-order valence-corrected chi connectivity index (χ2v) is 7.15. The molecule has 0 spiro atoms. The molecule has 0 bridgehead atoms. The molecule has 1 heterocycles. The van der Waals surface area contributed by atoms with Crippen molar-refractivity contribution in [3.63, 3.8) is 0 Å². The molecule has 1 saturated carbocycles. The highest BCUT2D eigenvalue weighted by Crippen LogP contribution is 2.31. The molecule has 0 saturated heterocycles. The maximum atomic E-state index is 12.3. The number of carbonyl (C=O) groups excluding carboxylic acids is 1. The highest BCUT2D eigenvalue weighted by Gasteiger charge is 2.37. The number of amides is 1. The Morgan fingerprint density at radius 1 is 1.31 bits per heavy atom. The number of fused-ring (bicyclic) bond motifs is 1. The van der Waals surface area contributed by atoms with Crippen LogP contribution in [0, 0.1) is 5.92 Å². The van der Waals surface area contributed by atoms with Crippen LogP contribution in [0.5, 0.6) is 5.75 Å². The second kappa shape index (κ2) is 8.86. The normalized spacial score (nSPS) is 25.3. The zero-order valence-corrected chi connectivity index (χ0v) is 14.8. The Kier molecular flexibility index (Phi) is 6.53. The van der Waals surface area contributed by atoms with Crippen molar-refractivity contribution in [3.8, 4) is 5.75 Å². The lowest BCUT2D eigenvalue weighted by molar-refractivity contribution is -0.122. The number of carbonyl (C=O) groups is 1. The molecule has 1 aliphatic heterocycles. The highest BCUT2D eigenvalue weighted by atomic mass is 16.6. The molecule has 8 heteroatoms. The van der Waals surface area contributed by atoms with Gasteiger partial charge in [0.25, 0.3) is 0 Å². The van der Waals surface area contributed by atoms with Gasteiger partial charge in [0, 0.05) is 12.0 Å². The van der Waals surface area contributed by atoms with E-state index in [1.807, 2.05) is 18.2 Å². The molecule has 7 nitrogen and oxygen atoms in total. The lowest BCUT2D eigenvalue weighted by atomic mass is 9.72. The zero-order chi connectivity index (χ0) is 18.5. The molecule has 0 radical (unpaired) electrons. The number of aliphatic hydroxyl groups is 2. The molecule has 1 amide bonds. The van der Waals surface area contributed by atoms with Gasteiger partial charge in [-0.3, -0.25) is 4.79 Å². The van der Waals surface area contributed by atoms with E-state index in [0.717, 1.165) is 36.8 Å². The molecule has 0 aromatic heterocycles. The molecule has 4 N–H and O–H groups in total. The Hall–Kier alpha value is -1.61. The summed E-state index contributed by atoms with van der Waals surface area (Å²) in [6.45, 7) is -0.194. The van der Waals surface area contributed by atoms with Gasteiger partial charge in [-0.2, -0.15) is 0 Å². The molecule has 1 aromatic rings. The first-order valence-corrected chi connectivity index (χ1v) is 9.18. The molecule has 26 heavy (non-hydrogen) atoms. The Labute approximate surface area is 153 Å². The fraction of sp³-hybridized carbons (Fsp3) is 0.611. The summed E-state index contributed by atoms with van der Waals surface area (Å²) in [4.78, 5) is 12.3. The monoisotopic (exact) mass is 363 g/mol. The summed E-state index contributed by atoms with van der Waals surface area (Å²) in [5, 5.41) is 31.5. The van der Waals surface area contributed by atoms with Crippen molar-refractivity contribution in [2.45, 2.75) is 57.2 Å². The summed E-state index contributed by atoms with van der Waals surface area (Å²) in [6, 6.07) is 5.57. The van der Waals surface area contributed by atoms with Gasteiger partial charge in [-0.25, -0.2) is 0 Å². The molecule has 1 fully saturated rings. The van der Waals surface area contributed by atoms with Gasteiger partial charge >= 0.3 is 7.12 Å². The van der Waals surface area contributed by atoms with E-state index in [4.69, 9.17) is 14.5 Å². The average Bonchev–Trinajstić information content (AvgIpc) is 2.62. The minimum atomic E-state index is -1.13. The predicted octanol–water partition coefficient (Wildman–Crippen LogP) is 0.534. The minimum Gasteiger partial charge on any atom is -0.534 e. The standard InChI is InChI=1S/C18H26BNO6/c21-11-25-10-14-3-1-2-13-9-16(19(24)26-18(13)14)20-17(23)8-12-4-6-15(22)7-5-12/h1-3,12,15-16,21-22,24H,4-11H2,(H,20,23). The number of ether oxygens (including phenoxy) is 1. The van der Waals surface area contributed by atoms with Crippen molar-refractivity contribution >= 4 is 13.0 Å². The van der Waals surface area contributed by atoms with E-state index >= 15 is 0 Å². The van der Waals surface area contributed by atoms with Crippen molar-refractivity contribution in [3.05, 3.63) is 29.3 Å². The number of nitrogens with one attached hydrogen (secondary N) is 1. The van der Waals surface area contributed by atoms with Gasteiger partial charge in [-0.1, -0.05) is 18.2 Å². The van der Waals surface area contributed by atoms with E-state index < -0.39 is 13.1 Å². The third-order valence-corrected chi connectivity index (χ3v) is 5.19. The maximum Gasteiger partial charge on any atom is 0.547 e. The predicted molar refractivity (Wildman–Crippen MR) is 95.1 cm³/mol. The number of hydrogen-bond donors (Lipinski definition) is 4. The second-order valence-electron chi connectivity index (χ2n) is 7.15. The Morgan fingerprint density at radius 2 is 2.08 bits per heavy atom. The van der Waals surface area contributed by atoms with Crippen LogP contribution in [0.2, 0.25) is 0 Å². The number of hydrogen-bond acceptors (Lipinski definition) is 6. The van der Waals surface area contributed by atoms with Crippen molar-refractivity contribution < 1.29 is 29.4 Å². The van der Waals surface area contributed by atoms with Crippen LogP contribution < -0.4 is 9.97 Å². The first kappa shape index (κ1) is 19.2. The summed E-state index contributed by atoms with van der Waals surface area (Å²) in [5.41, 5.74) is 1.64. The van der Waals surface area contributed by atoms with Crippen molar-refractivity contribution in [1.29, 1.82) is 0 Å². The first-order valence-electron chi connectivity index (χ1n) is 9.18. The summed E-state index contributed by atoms with van der Waals surface area (Å²) in [5.74, 6) is 0.246. The van der Waals surface area contributed by atoms with Crippen molar-refractivity contribution in [2.75, 3.05) is 6.79 Å². The van der Waals surface area contributed by atoms with Crippen LogP contribution in [0.3, 0.4) is 0 Å². The number of rotatable bonds is 6. The summed E-state index contributed by atoms with van der Waals surface area (Å²) in [7, 11) is -1.13. The van der Waals surface area contributed by atoms with E-state index in [1.54, 1.807) is 0 Å². The Morgan fingerprint density at radius 3 is 2.81 bits per heavy atom. The fourth-order valence-corrected chi connectivity index (χ4v) is 3.76. The maximum absolute atomic E-state index is 12.3. The number of para-hydroxylation sites is 1. The Bertz CT molecular complexity index is 620. The molecule has 2 aliphatic rings. The van der Waals surface area contributed by atoms with Crippen molar-refractivity contribution in [1.82, 2.24) is 5.32 Å². The summed E-state index contributed by atoms with van der Waals surface area (Å²) in [6.07, 6.45) is 3.86. The van der Waals surface area contributed by atoms with Gasteiger partial charge < -0.3 is 29.9 Å². The molecule has 1 aromatic carbocycles. The van der Waals surface area contributed by atoms with Crippen LogP contribution in [0.15, 0.2) is 18.2 Å². The highest BCUT2D eigenvalue weighted by molar-refractivity contribution is 6.46. The largest absolute Gasteiger partial charge is 0.547 e. The van der Waals surface area contributed by atoms with Gasteiger partial charge in [-0.05, 0) is 43.6 Å². The molecule has 142 valence electrons. The average molecular weight is 363 g/mol. The summed E-state index contributed by atoms with van der Waals surface area (Å²) >= 11 is 0. The lowest BCUT2D eigenvalue weighted by Gasteiger charge is -2.30. The zero-order valence-electron chi connectivity index (χ0n) is 14.8. The van der Waals surface area contributed by atoms with E-state index in [-0.39, 0.29) is 31.3 Å². The van der Waals surface area contributed by atoms with Crippen molar-refractivity contribution in [2.24, 2.45) is 5.92 Å². The molecular weight excluding hydrogens is 337 g/mol. The molecule has 3 rings (SSSR count). The topological polar surface area (TPSA) is 108 Å². The van der Waals surface area contributed by atoms with Gasteiger partial charge in [0.15, 0.2) is 0 Å². The Balaban J connectivity index is 1.58. The third-order valence-electron chi connectivity index (χ3n) is 5.19. The molecule has 1 atom stereocenters. The smallest absolute Gasteiger partial charge is 0.534 e. The fourth-order valence-electron chi connectivity index (χ4n) is 3.76. The van der Waals surface area contributed by atoms with Crippen LogP contribution in [-0.4, -0.2) is 47.1 Å². The minimum absolute atomic E-state index is 0.0951. The van der Waals surface area contributed by atoms with Crippen LogP contribution in [-0.2, 0) is 22.6 Å². The quantitative estimate of drug-likeness (QED) is 0.434. The van der Waals surface area contributed by atoms with Crippen LogP contribution in [0.4, 0.5) is 0 Å². The summed E-state index contributed by atoms with van der Waals surface area (Å²) < 4.78 is 10.6. The SMILES string of the molecule is O=C(CC1CCC(O)CC1)NC1Cc2cccc(COCO)c2OB1O. The number of aliphatic hydroxyl groups excluding tert-OH is 2. The van der Waals surface area contributed by atoms with Crippen LogP contribution in [0.25, 0.3) is 0 Å².